The van der Waals surface area contributed by atoms with E-state index in [4.69, 9.17) is 4.74 Å². The standard InChI is InChI=1S/C20H26N6O2/c1-16-3-5-18(24-23-16)25-8-2-7-20(13-25)14-26(9-10-28-20)19(27)6-4-17-11-21-15-22-12-17/h3,5,11-12,15H,2,4,6-10,13-14H2,1H3. The van der Waals surface area contributed by atoms with E-state index in [1.807, 2.05) is 24.0 Å². The first kappa shape index (κ1) is 18.7. The molecule has 2 saturated heterocycles. The van der Waals surface area contributed by atoms with Crippen molar-refractivity contribution in [2.75, 3.05) is 37.7 Å². The summed E-state index contributed by atoms with van der Waals surface area (Å²) in [5, 5.41) is 8.50. The first-order valence-corrected chi connectivity index (χ1v) is 9.84. The second-order valence-corrected chi connectivity index (χ2v) is 7.65. The number of carbonyl (C=O) groups is 1. The Balaban J connectivity index is 1.39. The number of ether oxygens (including phenoxy) is 1. The van der Waals surface area contributed by atoms with Crippen molar-refractivity contribution in [2.45, 2.75) is 38.2 Å². The van der Waals surface area contributed by atoms with Crippen LogP contribution in [-0.2, 0) is 16.0 Å². The maximum Gasteiger partial charge on any atom is 0.223 e. The van der Waals surface area contributed by atoms with Crippen molar-refractivity contribution in [1.82, 2.24) is 25.1 Å². The van der Waals surface area contributed by atoms with Crippen LogP contribution < -0.4 is 4.90 Å². The van der Waals surface area contributed by atoms with E-state index < -0.39 is 0 Å². The third-order valence-electron chi connectivity index (χ3n) is 5.49. The SMILES string of the molecule is Cc1ccc(N2CCCC3(CN(C(=O)CCc4cncnc4)CCO3)C2)nn1. The molecule has 1 atom stereocenters. The molecule has 8 nitrogen and oxygen atoms in total. The van der Waals surface area contributed by atoms with Crippen molar-refractivity contribution >= 4 is 11.7 Å². The Hall–Kier alpha value is -2.61. The van der Waals surface area contributed by atoms with Gasteiger partial charge in [-0.1, -0.05) is 0 Å². The van der Waals surface area contributed by atoms with Gasteiger partial charge < -0.3 is 14.5 Å². The Bertz CT molecular complexity index is 796. The average molecular weight is 382 g/mol. The fraction of sp³-hybridized carbons (Fsp3) is 0.550. The molecule has 1 amide bonds. The summed E-state index contributed by atoms with van der Waals surface area (Å²) < 4.78 is 6.22. The lowest BCUT2D eigenvalue weighted by Crippen LogP contribution is -2.61. The summed E-state index contributed by atoms with van der Waals surface area (Å²) in [5.41, 5.74) is 1.57. The lowest BCUT2D eigenvalue weighted by Gasteiger charge is -2.48. The van der Waals surface area contributed by atoms with Gasteiger partial charge in [-0.2, -0.15) is 5.10 Å². The van der Waals surface area contributed by atoms with Gasteiger partial charge in [0.15, 0.2) is 5.82 Å². The third-order valence-corrected chi connectivity index (χ3v) is 5.49. The average Bonchev–Trinajstić information content (AvgIpc) is 2.73. The van der Waals surface area contributed by atoms with Crippen molar-refractivity contribution < 1.29 is 9.53 Å². The minimum Gasteiger partial charge on any atom is -0.369 e. The molecule has 0 aromatic carbocycles. The number of piperidine rings is 1. The highest BCUT2D eigenvalue weighted by Gasteiger charge is 2.42. The van der Waals surface area contributed by atoms with Gasteiger partial charge in [-0.05, 0) is 43.9 Å². The molecule has 0 bridgehead atoms. The van der Waals surface area contributed by atoms with Gasteiger partial charge in [0.2, 0.25) is 5.91 Å². The second-order valence-electron chi connectivity index (χ2n) is 7.65. The highest BCUT2D eigenvalue weighted by Crippen LogP contribution is 2.31. The fourth-order valence-electron chi connectivity index (χ4n) is 4.03. The summed E-state index contributed by atoms with van der Waals surface area (Å²) in [7, 11) is 0. The van der Waals surface area contributed by atoms with Gasteiger partial charge >= 0.3 is 0 Å². The molecule has 0 N–H and O–H groups in total. The first-order valence-electron chi connectivity index (χ1n) is 9.84. The Morgan fingerprint density at radius 2 is 2.04 bits per heavy atom. The third kappa shape index (κ3) is 4.27. The largest absolute Gasteiger partial charge is 0.369 e. The van der Waals surface area contributed by atoms with Gasteiger partial charge in [0.25, 0.3) is 0 Å². The predicted molar refractivity (Wildman–Crippen MR) is 104 cm³/mol. The Morgan fingerprint density at radius 3 is 2.82 bits per heavy atom. The fourth-order valence-corrected chi connectivity index (χ4v) is 4.03. The lowest BCUT2D eigenvalue weighted by molar-refractivity contribution is -0.152. The van der Waals surface area contributed by atoms with Crippen LogP contribution in [0.5, 0.6) is 0 Å². The van der Waals surface area contributed by atoms with Gasteiger partial charge in [0, 0.05) is 31.9 Å². The second kappa shape index (κ2) is 8.18. The number of carbonyl (C=O) groups excluding carboxylic acids is 1. The van der Waals surface area contributed by atoms with E-state index in [2.05, 4.69) is 25.1 Å². The first-order chi connectivity index (χ1) is 13.6. The van der Waals surface area contributed by atoms with Crippen molar-refractivity contribution in [3.63, 3.8) is 0 Å². The zero-order chi connectivity index (χ0) is 19.4. The van der Waals surface area contributed by atoms with Crippen molar-refractivity contribution in [1.29, 1.82) is 0 Å². The van der Waals surface area contributed by atoms with Gasteiger partial charge in [0.05, 0.1) is 25.4 Å². The number of nitrogens with zero attached hydrogens (tertiary/aromatic N) is 6. The molecule has 2 aliphatic rings. The zero-order valence-corrected chi connectivity index (χ0v) is 16.3. The van der Waals surface area contributed by atoms with Crippen LogP contribution in [0.1, 0.15) is 30.5 Å². The number of hydrogen-bond donors (Lipinski definition) is 0. The molecule has 4 heterocycles. The maximum atomic E-state index is 12.8. The zero-order valence-electron chi connectivity index (χ0n) is 16.3. The molecular weight excluding hydrogens is 356 g/mol. The van der Waals surface area contributed by atoms with E-state index in [9.17, 15) is 4.79 Å². The van der Waals surface area contributed by atoms with Crippen LogP contribution in [0.15, 0.2) is 30.9 Å². The molecule has 0 radical (unpaired) electrons. The molecule has 28 heavy (non-hydrogen) atoms. The summed E-state index contributed by atoms with van der Waals surface area (Å²) in [5.74, 6) is 1.04. The molecule has 2 aromatic rings. The summed E-state index contributed by atoms with van der Waals surface area (Å²) in [4.78, 5) is 25.0. The van der Waals surface area contributed by atoms with E-state index in [1.54, 1.807) is 12.4 Å². The van der Waals surface area contributed by atoms with E-state index in [1.165, 1.54) is 6.33 Å². The molecular formula is C20H26N6O2. The Kier molecular flexibility index (Phi) is 5.47. The van der Waals surface area contributed by atoms with Crippen LogP contribution in [0.3, 0.4) is 0 Å². The van der Waals surface area contributed by atoms with E-state index in [0.29, 0.717) is 32.5 Å². The van der Waals surface area contributed by atoms with Crippen LogP contribution in [0.25, 0.3) is 0 Å². The number of hydrogen-bond acceptors (Lipinski definition) is 7. The summed E-state index contributed by atoms with van der Waals surface area (Å²) in [6.45, 7) is 5.46. The van der Waals surface area contributed by atoms with Crippen LogP contribution in [0.2, 0.25) is 0 Å². The van der Waals surface area contributed by atoms with Gasteiger partial charge in [-0.3, -0.25) is 4.79 Å². The predicted octanol–water partition coefficient (Wildman–Crippen LogP) is 1.41. The van der Waals surface area contributed by atoms with Crippen molar-refractivity contribution in [3.8, 4) is 0 Å². The summed E-state index contributed by atoms with van der Waals surface area (Å²) in [6, 6.07) is 3.99. The number of rotatable bonds is 4. The molecule has 0 aliphatic carbocycles. The minimum atomic E-state index is -0.325. The molecule has 2 fully saturated rings. The van der Waals surface area contributed by atoms with E-state index in [0.717, 1.165) is 43.0 Å². The highest BCUT2D eigenvalue weighted by molar-refractivity contribution is 5.76. The Labute approximate surface area is 164 Å². The molecule has 4 rings (SSSR count). The smallest absolute Gasteiger partial charge is 0.223 e. The number of aryl methyl sites for hydroxylation is 2. The van der Waals surface area contributed by atoms with Crippen LogP contribution in [0, 0.1) is 6.92 Å². The molecule has 8 heteroatoms. The Morgan fingerprint density at radius 1 is 1.18 bits per heavy atom. The van der Waals surface area contributed by atoms with Gasteiger partial charge in [-0.25, -0.2) is 9.97 Å². The summed E-state index contributed by atoms with van der Waals surface area (Å²) >= 11 is 0. The van der Waals surface area contributed by atoms with Gasteiger partial charge in [0.1, 0.15) is 11.9 Å². The summed E-state index contributed by atoms with van der Waals surface area (Å²) in [6.07, 6.45) is 8.14. The van der Waals surface area contributed by atoms with Crippen LogP contribution >= 0.6 is 0 Å². The van der Waals surface area contributed by atoms with E-state index >= 15 is 0 Å². The molecule has 0 saturated carbocycles. The number of amides is 1. The maximum absolute atomic E-state index is 12.8. The molecule has 1 unspecified atom stereocenters. The monoisotopic (exact) mass is 382 g/mol. The minimum absolute atomic E-state index is 0.166. The van der Waals surface area contributed by atoms with E-state index in [-0.39, 0.29) is 11.5 Å². The number of morpholine rings is 1. The number of aromatic nitrogens is 4. The van der Waals surface area contributed by atoms with Crippen molar-refractivity contribution in [2.24, 2.45) is 0 Å². The quantitative estimate of drug-likeness (QED) is 0.790. The molecule has 148 valence electrons. The van der Waals surface area contributed by atoms with Crippen molar-refractivity contribution in [3.05, 3.63) is 42.1 Å². The molecule has 2 aromatic heterocycles. The molecule has 1 spiro atoms. The lowest BCUT2D eigenvalue weighted by atomic mass is 9.90. The van der Waals surface area contributed by atoms with Crippen LogP contribution in [-0.4, -0.2) is 69.4 Å². The van der Waals surface area contributed by atoms with Gasteiger partial charge in [-0.15, -0.1) is 5.10 Å². The highest BCUT2D eigenvalue weighted by atomic mass is 16.5. The number of anilines is 1. The topological polar surface area (TPSA) is 84.3 Å². The molecule has 2 aliphatic heterocycles. The van der Waals surface area contributed by atoms with Crippen LogP contribution in [0.4, 0.5) is 5.82 Å². The normalized spacial score (nSPS) is 22.5.